The van der Waals surface area contributed by atoms with Crippen molar-refractivity contribution < 1.29 is 83.9 Å². The number of halogens is 2. The molecule has 1 aromatic heterocycles. The summed E-state index contributed by atoms with van der Waals surface area (Å²) < 4.78 is 48.7. The van der Waals surface area contributed by atoms with Gasteiger partial charge in [0.1, 0.15) is 79.1 Å². The minimum Gasteiger partial charge on any atom is -0.394 e. The van der Waals surface area contributed by atoms with Crippen molar-refractivity contribution >= 4 is 11.0 Å². The quantitative estimate of drug-likeness (QED) is 0.111. The van der Waals surface area contributed by atoms with Gasteiger partial charge >= 0.3 is 0 Å². The maximum Gasteiger partial charge on any atom is 0.187 e. The summed E-state index contributed by atoms with van der Waals surface area (Å²) in [7, 11) is 0. The van der Waals surface area contributed by atoms with Crippen LogP contribution in [0.4, 0.5) is 8.78 Å². The summed E-state index contributed by atoms with van der Waals surface area (Å²) in [5.74, 6) is -2.87. The van der Waals surface area contributed by atoms with Gasteiger partial charge in [-0.15, -0.1) is 0 Å². The molecule has 0 aliphatic carbocycles. The molecule has 2 saturated heterocycles. The minimum atomic E-state index is -2.15. The van der Waals surface area contributed by atoms with Crippen LogP contribution in [0.3, 0.4) is 0 Å². The Labute approximate surface area is 240 Å². The summed E-state index contributed by atoms with van der Waals surface area (Å²) in [5.41, 5.74) is -0.170. The lowest BCUT2D eigenvalue weighted by molar-refractivity contribution is -0.368. The summed E-state index contributed by atoms with van der Waals surface area (Å²) in [6, 6.07) is 1.48. The largest absolute Gasteiger partial charge is 0.394 e. The maximum absolute atomic E-state index is 13.6. The average Bonchev–Trinajstić information content (AvgIpc) is 3.40. The predicted molar refractivity (Wildman–Crippen MR) is 131 cm³/mol. The molecule has 6 unspecified atom stereocenters. The second-order valence-corrected chi connectivity index (χ2v) is 10.2. The van der Waals surface area contributed by atoms with E-state index in [0.29, 0.717) is 0 Å². The molecule has 0 bridgehead atoms. The number of H-pyrrole nitrogens is 1. The maximum atomic E-state index is 13.6. The molecule has 43 heavy (non-hydrogen) atoms. The van der Waals surface area contributed by atoms with Crippen LogP contribution in [0.2, 0.25) is 0 Å². The van der Waals surface area contributed by atoms with Crippen molar-refractivity contribution in [3.05, 3.63) is 29.6 Å². The fourth-order valence-corrected chi connectivity index (χ4v) is 4.83. The van der Waals surface area contributed by atoms with Gasteiger partial charge in [-0.3, -0.25) is 0 Å². The molecule has 244 valence electrons. The van der Waals surface area contributed by atoms with Gasteiger partial charge in [0.25, 0.3) is 0 Å². The van der Waals surface area contributed by atoms with E-state index < -0.39 is 123 Å². The monoisotopic (exact) mass is 628 g/mol. The average molecular weight is 629 g/mol. The number of ether oxygens (including phenoxy) is 4. The molecule has 19 heteroatoms. The molecule has 0 radical (unpaired) electrons. The number of aliphatic hydroxyl groups is 11. The molecule has 2 fully saturated rings. The lowest BCUT2D eigenvalue weighted by Gasteiger charge is -2.46. The Morgan fingerprint density at radius 1 is 0.814 bits per heavy atom. The number of nitrogens with one attached hydrogen (secondary N) is 1. The van der Waals surface area contributed by atoms with Gasteiger partial charge in [-0.05, 0) is 0 Å². The van der Waals surface area contributed by atoms with E-state index >= 15 is 0 Å². The number of aliphatic hydroxyl groups excluding tert-OH is 11. The number of hydrogen-bond donors (Lipinski definition) is 12. The van der Waals surface area contributed by atoms with E-state index in [0.717, 1.165) is 12.1 Å². The number of benzene rings is 1. The summed E-state index contributed by atoms with van der Waals surface area (Å²) in [6.07, 6.45) is -26.0. The third-order valence-electron chi connectivity index (χ3n) is 7.30. The molecule has 14 atom stereocenters. The van der Waals surface area contributed by atoms with Gasteiger partial charge in [-0.2, -0.15) is 0 Å². The zero-order valence-corrected chi connectivity index (χ0v) is 22.1. The molecule has 0 spiro atoms. The van der Waals surface area contributed by atoms with Crippen molar-refractivity contribution in [2.45, 2.75) is 85.8 Å². The van der Waals surface area contributed by atoms with E-state index in [2.05, 4.69) is 9.97 Å². The summed E-state index contributed by atoms with van der Waals surface area (Å²) in [4.78, 5) is 6.35. The van der Waals surface area contributed by atoms with Crippen molar-refractivity contribution in [1.82, 2.24) is 9.97 Å². The number of nitrogens with zero attached hydrogens (tertiary/aromatic N) is 1. The molecule has 1 aromatic carbocycles. The highest BCUT2D eigenvalue weighted by atomic mass is 19.2. The molecule has 3 heterocycles. The molecule has 2 aliphatic rings. The molecule has 2 aromatic rings. The van der Waals surface area contributed by atoms with Crippen LogP contribution in [0.25, 0.3) is 11.0 Å². The Morgan fingerprint density at radius 2 is 1.42 bits per heavy atom. The Hall–Kier alpha value is -2.05. The van der Waals surface area contributed by atoms with E-state index in [9.17, 15) is 65.0 Å². The molecule has 0 saturated carbocycles. The third kappa shape index (κ3) is 6.81. The first-order chi connectivity index (χ1) is 20.3. The number of imidazole rings is 1. The lowest BCUT2D eigenvalue weighted by Crippen LogP contribution is -2.65. The van der Waals surface area contributed by atoms with Crippen LogP contribution in [0, 0.1) is 11.6 Å². The fraction of sp³-hybridized carbons (Fsp3) is 0.708. The number of aromatic amines is 1. The van der Waals surface area contributed by atoms with Crippen molar-refractivity contribution in [3.63, 3.8) is 0 Å². The summed E-state index contributed by atoms with van der Waals surface area (Å²) >= 11 is 0. The smallest absolute Gasteiger partial charge is 0.187 e. The van der Waals surface area contributed by atoms with Gasteiger partial charge in [0.2, 0.25) is 0 Å². The van der Waals surface area contributed by atoms with Crippen molar-refractivity contribution in [1.29, 1.82) is 0 Å². The van der Waals surface area contributed by atoms with Crippen LogP contribution >= 0.6 is 0 Å². The fourth-order valence-electron chi connectivity index (χ4n) is 4.83. The van der Waals surface area contributed by atoms with E-state index in [-0.39, 0.29) is 11.0 Å². The van der Waals surface area contributed by atoms with Crippen LogP contribution in [0.1, 0.15) is 11.9 Å². The van der Waals surface area contributed by atoms with Crippen molar-refractivity contribution in [2.75, 3.05) is 19.8 Å². The topological polar surface area (TPSA) is 288 Å². The van der Waals surface area contributed by atoms with Crippen LogP contribution in [0.15, 0.2) is 12.1 Å². The molecule has 12 N–H and O–H groups in total. The van der Waals surface area contributed by atoms with Crippen molar-refractivity contribution in [3.8, 4) is 0 Å². The number of aromatic nitrogens is 2. The Kier molecular flexibility index (Phi) is 11.0. The highest BCUT2D eigenvalue weighted by Gasteiger charge is 2.52. The molecule has 4 rings (SSSR count). The van der Waals surface area contributed by atoms with Gasteiger partial charge in [-0.1, -0.05) is 0 Å². The Balaban J connectivity index is 1.50. The lowest BCUT2D eigenvalue weighted by atomic mass is 9.96. The zero-order valence-electron chi connectivity index (χ0n) is 22.1. The van der Waals surface area contributed by atoms with E-state index in [1.54, 1.807) is 0 Å². The highest BCUT2D eigenvalue weighted by Crippen LogP contribution is 2.32. The van der Waals surface area contributed by atoms with Gasteiger partial charge in [-0.25, -0.2) is 13.8 Å². The second kappa shape index (κ2) is 13.9. The first kappa shape index (κ1) is 33.8. The van der Waals surface area contributed by atoms with Gasteiger partial charge in [0.05, 0.1) is 30.9 Å². The first-order valence-corrected chi connectivity index (χ1v) is 13.1. The van der Waals surface area contributed by atoms with Gasteiger partial charge in [0, 0.05) is 12.1 Å². The molecular formula is C24H34F2N2O15. The predicted octanol–water partition coefficient (Wildman–Crippen LogP) is -5.40. The van der Waals surface area contributed by atoms with Crippen LogP contribution in [-0.2, 0) is 18.9 Å². The van der Waals surface area contributed by atoms with Crippen LogP contribution in [0.5, 0.6) is 0 Å². The first-order valence-electron chi connectivity index (χ1n) is 13.1. The van der Waals surface area contributed by atoms with Gasteiger partial charge < -0.3 is 80.1 Å². The summed E-state index contributed by atoms with van der Waals surface area (Å²) in [6.45, 7) is -2.76. The van der Waals surface area contributed by atoms with E-state index in [1.165, 1.54) is 0 Å². The standard InChI is InChI=1S/C24H34F2N2O15/c25-6-1-8-9(2-7(6)26)28-22(27-8)17(37)15(35)20(10(32)3-29)42-24-19(39)16(36)21(12(5-31)41-24)43-23-18(38)14(34)13(33)11(4-30)40-23/h1-2,10-21,23-24,29-39H,3-5H2,(H,27,28)/t10?,11?,12?,13-,14+,15?,16-,17+,18?,19?,20-,21-,23-,24-/m1/s1. The molecule has 0 amide bonds. The summed E-state index contributed by atoms with van der Waals surface area (Å²) in [5, 5.41) is 112. The molecule has 17 nitrogen and oxygen atoms in total. The Morgan fingerprint density at radius 3 is 2.05 bits per heavy atom. The van der Waals surface area contributed by atoms with Crippen molar-refractivity contribution in [2.24, 2.45) is 0 Å². The van der Waals surface area contributed by atoms with Gasteiger partial charge in [0.15, 0.2) is 24.2 Å². The Bertz CT molecular complexity index is 1170. The van der Waals surface area contributed by atoms with Crippen LogP contribution < -0.4 is 0 Å². The highest BCUT2D eigenvalue weighted by molar-refractivity contribution is 5.75. The number of hydrogen-bond acceptors (Lipinski definition) is 16. The van der Waals surface area contributed by atoms with E-state index in [1.807, 2.05) is 0 Å². The number of fused-ring (bicyclic) bond motifs is 1. The second-order valence-electron chi connectivity index (χ2n) is 10.2. The molecular weight excluding hydrogens is 594 g/mol. The number of rotatable bonds is 11. The molecule has 2 aliphatic heterocycles. The minimum absolute atomic E-state index is 0.0503. The van der Waals surface area contributed by atoms with Crippen LogP contribution in [-0.4, -0.2) is 166 Å². The third-order valence-corrected chi connectivity index (χ3v) is 7.30. The van der Waals surface area contributed by atoms with E-state index in [4.69, 9.17) is 18.9 Å². The SMILES string of the molecule is OCC(O)[C@@H](O[C@H]1OC(CO)[C@@H](O[C@H]2OC(CO)[C@@H](O)[C@H](O)C2O)[C@H](O)C1O)C(O)[C@H](O)c1nc2cc(F)c(F)cc2[nH]1. The zero-order chi connectivity index (χ0) is 31.7. The normalized spacial score (nSPS) is 36.4.